The van der Waals surface area contributed by atoms with Gasteiger partial charge in [0.1, 0.15) is 5.82 Å². The van der Waals surface area contributed by atoms with Crippen LogP contribution in [0.4, 0.5) is 10.1 Å². The molecule has 0 saturated carbocycles. The van der Waals surface area contributed by atoms with Crippen molar-refractivity contribution in [3.8, 4) is 0 Å². The Hall–Kier alpha value is -1.62. The molecule has 1 amide bonds. The van der Waals surface area contributed by atoms with Crippen LogP contribution in [0.25, 0.3) is 0 Å². The van der Waals surface area contributed by atoms with E-state index < -0.39 is 17.7 Å². The first-order valence-electron chi connectivity index (χ1n) is 5.36. The minimum Gasteiger partial charge on any atom is -0.481 e. The smallest absolute Gasteiger partial charge is 0.311 e. The van der Waals surface area contributed by atoms with Crippen LogP contribution in [-0.2, 0) is 9.59 Å². The monoisotopic (exact) mass is 273 g/mol. The highest BCUT2D eigenvalue weighted by atomic mass is 35.5. The summed E-state index contributed by atoms with van der Waals surface area (Å²) in [6.07, 6.45) is 0.276. The van der Waals surface area contributed by atoms with Crippen molar-refractivity contribution in [2.24, 2.45) is 0 Å². The van der Waals surface area contributed by atoms with Gasteiger partial charge in [-0.3, -0.25) is 9.59 Å². The lowest BCUT2D eigenvalue weighted by Gasteiger charge is -2.14. The third-order valence-corrected chi connectivity index (χ3v) is 2.86. The van der Waals surface area contributed by atoms with Crippen LogP contribution in [0.5, 0.6) is 0 Å². The summed E-state index contributed by atoms with van der Waals surface area (Å²) in [5.41, 5.74) is 0.356. The summed E-state index contributed by atoms with van der Waals surface area (Å²) in [4.78, 5) is 22.0. The van der Waals surface area contributed by atoms with Gasteiger partial charge in [0.2, 0.25) is 5.91 Å². The second kappa shape index (κ2) is 5.82. The average molecular weight is 274 g/mol. The number of benzene rings is 1. The van der Waals surface area contributed by atoms with Crippen LogP contribution < -0.4 is 5.32 Å². The number of hydrogen-bond acceptors (Lipinski definition) is 2. The highest BCUT2D eigenvalue weighted by Crippen LogP contribution is 2.32. The minimum absolute atomic E-state index is 0.162. The predicted molar refractivity (Wildman–Crippen MR) is 66.4 cm³/mol. The number of carbonyl (C=O) groups is 2. The number of amides is 1. The molecule has 0 fully saturated rings. The molecule has 98 valence electrons. The number of nitrogens with one attached hydrogen (secondary N) is 1. The molecule has 1 atom stereocenters. The summed E-state index contributed by atoms with van der Waals surface area (Å²) < 4.78 is 13.6. The Labute approximate surface area is 109 Å². The minimum atomic E-state index is -1.08. The Morgan fingerprint density at radius 2 is 2.11 bits per heavy atom. The van der Waals surface area contributed by atoms with Crippen molar-refractivity contribution in [1.29, 1.82) is 0 Å². The van der Waals surface area contributed by atoms with Gasteiger partial charge in [-0.05, 0) is 24.1 Å². The highest BCUT2D eigenvalue weighted by molar-refractivity contribution is 6.32. The zero-order valence-electron chi connectivity index (χ0n) is 9.96. The van der Waals surface area contributed by atoms with Crippen LogP contribution in [0.2, 0.25) is 5.02 Å². The second-order valence-electron chi connectivity index (χ2n) is 3.84. The van der Waals surface area contributed by atoms with Gasteiger partial charge in [-0.1, -0.05) is 18.5 Å². The summed E-state index contributed by atoms with van der Waals surface area (Å²) in [5, 5.41) is 11.2. The fourth-order valence-electron chi connectivity index (χ4n) is 1.67. The quantitative estimate of drug-likeness (QED) is 0.886. The second-order valence-corrected chi connectivity index (χ2v) is 4.22. The number of halogens is 2. The third kappa shape index (κ3) is 3.20. The van der Waals surface area contributed by atoms with Crippen LogP contribution in [0.15, 0.2) is 12.1 Å². The Kier molecular flexibility index (Phi) is 4.67. The van der Waals surface area contributed by atoms with Gasteiger partial charge in [0, 0.05) is 12.6 Å². The molecule has 1 unspecified atom stereocenters. The molecule has 2 N–H and O–H groups in total. The molecule has 4 nitrogen and oxygen atoms in total. The number of aliphatic carboxylic acids is 1. The van der Waals surface area contributed by atoms with Crippen molar-refractivity contribution in [3.05, 3.63) is 28.5 Å². The largest absolute Gasteiger partial charge is 0.481 e. The first kappa shape index (κ1) is 14.4. The van der Waals surface area contributed by atoms with E-state index >= 15 is 0 Å². The summed E-state index contributed by atoms with van der Waals surface area (Å²) in [5.74, 6) is -3.11. The fraction of sp³-hybridized carbons (Fsp3) is 0.333. The maximum atomic E-state index is 13.6. The zero-order valence-corrected chi connectivity index (χ0v) is 10.7. The standard InChI is InChI=1S/C12H13ClFNO3/c1-3-8(12(17)18)9-4-7(15-6(2)16)5-10(14)11(9)13/h4-5,8H,3H2,1-2H3,(H,15,16)(H,17,18). The Balaban J connectivity index is 3.28. The third-order valence-electron chi connectivity index (χ3n) is 2.46. The zero-order chi connectivity index (χ0) is 13.9. The number of rotatable bonds is 4. The van der Waals surface area contributed by atoms with Crippen LogP contribution in [-0.4, -0.2) is 17.0 Å². The van der Waals surface area contributed by atoms with E-state index in [1.54, 1.807) is 6.92 Å². The van der Waals surface area contributed by atoms with Crippen molar-refractivity contribution in [1.82, 2.24) is 0 Å². The van der Waals surface area contributed by atoms with E-state index in [0.29, 0.717) is 0 Å². The van der Waals surface area contributed by atoms with Gasteiger partial charge in [-0.2, -0.15) is 0 Å². The van der Waals surface area contributed by atoms with Gasteiger partial charge >= 0.3 is 5.97 Å². The molecule has 0 heterocycles. The SMILES string of the molecule is CCC(C(=O)O)c1cc(NC(C)=O)cc(F)c1Cl. The molecule has 1 aromatic carbocycles. The van der Waals surface area contributed by atoms with E-state index in [2.05, 4.69) is 5.32 Å². The van der Waals surface area contributed by atoms with Gasteiger partial charge < -0.3 is 10.4 Å². The van der Waals surface area contributed by atoms with Crippen molar-refractivity contribution in [3.63, 3.8) is 0 Å². The number of carboxylic acids is 1. The maximum Gasteiger partial charge on any atom is 0.311 e. The lowest BCUT2D eigenvalue weighted by molar-refractivity contribution is -0.138. The molecule has 0 aliphatic rings. The molecular weight excluding hydrogens is 261 g/mol. The lowest BCUT2D eigenvalue weighted by atomic mass is 9.96. The molecule has 0 radical (unpaired) electrons. The molecule has 1 aromatic rings. The molecule has 0 saturated heterocycles. The molecule has 18 heavy (non-hydrogen) atoms. The molecule has 0 spiro atoms. The lowest BCUT2D eigenvalue weighted by Crippen LogP contribution is -2.13. The van der Waals surface area contributed by atoms with E-state index in [1.165, 1.54) is 13.0 Å². The van der Waals surface area contributed by atoms with Gasteiger partial charge in [0.15, 0.2) is 0 Å². The maximum absolute atomic E-state index is 13.6. The summed E-state index contributed by atoms with van der Waals surface area (Å²) in [6, 6.07) is 2.44. The molecule has 6 heteroatoms. The molecular formula is C12H13ClFNO3. The Bertz CT molecular complexity index is 490. The summed E-state index contributed by atoms with van der Waals surface area (Å²) in [6.45, 7) is 2.94. The van der Waals surface area contributed by atoms with Crippen molar-refractivity contribution >= 4 is 29.2 Å². The Morgan fingerprint density at radius 1 is 1.50 bits per heavy atom. The average Bonchev–Trinajstić information content (AvgIpc) is 2.24. The van der Waals surface area contributed by atoms with Crippen LogP contribution >= 0.6 is 11.6 Å². The number of hydrogen-bond donors (Lipinski definition) is 2. The van der Waals surface area contributed by atoms with Gasteiger partial charge in [0.05, 0.1) is 10.9 Å². The Morgan fingerprint density at radius 3 is 2.56 bits per heavy atom. The number of anilines is 1. The van der Waals surface area contributed by atoms with Crippen molar-refractivity contribution < 1.29 is 19.1 Å². The molecule has 0 aromatic heterocycles. The molecule has 0 aliphatic carbocycles. The van der Waals surface area contributed by atoms with Crippen molar-refractivity contribution in [2.75, 3.05) is 5.32 Å². The van der Waals surface area contributed by atoms with E-state index in [-0.39, 0.29) is 28.6 Å². The van der Waals surface area contributed by atoms with E-state index in [4.69, 9.17) is 16.7 Å². The fourth-order valence-corrected chi connectivity index (χ4v) is 1.91. The number of carbonyl (C=O) groups excluding carboxylic acids is 1. The molecule has 0 bridgehead atoms. The first-order chi connectivity index (χ1) is 8.36. The van der Waals surface area contributed by atoms with Crippen LogP contribution in [0.1, 0.15) is 31.7 Å². The van der Waals surface area contributed by atoms with Gasteiger partial charge in [-0.25, -0.2) is 4.39 Å². The normalized spacial score (nSPS) is 12.0. The number of carboxylic acid groups (broad SMARTS) is 1. The van der Waals surface area contributed by atoms with Gasteiger partial charge in [-0.15, -0.1) is 0 Å². The van der Waals surface area contributed by atoms with Crippen molar-refractivity contribution in [2.45, 2.75) is 26.2 Å². The van der Waals surface area contributed by atoms with Crippen LogP contribution in [0.3, 0.4) is 0 Å². The summed E-state index contributed by atoms with van der Waals surface area (Å²) in [7, 11) is 0. The first-order valence-corrected chi connectivity index (χ1v) is 5.74. The predicted octanol–water partition coefficient (Wildman–Crippen LogP) is 3.02. The van der Waals surface area contributed by atoms with E-state index in [0.717, 1.165) is 6.07 Å². The van der Waals surface area contributed by atoms with E-state index in [9.17, 15) is 14.0 Å². The molecule has 1 rings (SSSR count). The highest BCUT2D eigenvalue weighted by Gasteiger charge is 2.23. The van der Waals surface area contributed by atoms with E-state index in [1.807, 2.05) is 0 Å². The summed E-state index contributed by atoms with van der Waals surface area (Å²) >= 11 is 5.77. The van der Waals surface area contributed by atoms with Gasteiger partial charge in [0.25, 0.3) is 0 Å². The molecule has 0 aliphatic heterocycles. The van der Waals surface area contributed by atoms with Crippen LogP contribution in [0, 0.1) is 5.82 Å². The topological polar surface area (TPSA) is 66.4 Å².